The Morgan fingerprint density at radius 1 is 1.00 bits per heavy atom. The molecule has 8 radical (unpaired) electrons. The number of alkyl halides is 6. The minimum atomic E-state index is -5.54. The van der Waals surface area contributed by atoms with Crippen LogP contribution in [0.3, 0.4) is 0 Å². The standard InChI is InChI=1S/C19H10B4F7N3O3/c1-32(10-4-2-9(24)3-5-10)15(35)36-13-11(17(28,29)30)6-8(16(25,26)27)7-12(13)33-14(34)31-18(20,21)19(33,22)23/h2-7H,1H3,(H,31,34). The van der Waals surface area contributed by atoms with Crippen LogP contribution in [0.4, 0.5) is 51.7 Å². The largest absolute Gasteiger partial charge is 0.420 e. The van der Waals surface area contributed by atoms with E-state index in [1.807, 2.05) is 5.32 Å². The molecule has 1 saturated heterocycles. The van der Waals surface area contributed by atoms with Gasteiger partial charge in [-0.05, 0) is 47.1 Å². The van der Waals surface area contributed by atoms with Crippen molar-refractivity contribution in [2.45, 2.75) is 23.0 Å². The first kappa shape index (κ1) is 27.3. The molecule has 0 aromatic heterocycles. The number of halogens is 7. The fraction of sp³-hybridized carbons (Fsp3) is 0.263. The van der Waals surface area contributed by atoms with Crippen molar-refractivity contribution in [3.05, 3.63) is 53.3 Å². The maximum atomic E-state index is 13.9. The Morgan fingerprint density at radius 3 is 2.00 bits per heavy atom. The fourth-order valence-corrected chi connectivity index (χ4v) is 3.18. The summed E-state index contributed by atoms with van der Waals surface area (Å²) >= 11 is 0. The average Bonchev–Trinajstić information content (AvgIpc) is 2.88. The highest BCUT2D eigenvalue weighted by Crippen LogP contribution is 2.48. The number of anilines is 2. The summed E-state index contributed by atoms with van der Waals surface area (Å²) in [7, 11) is 23.6. The van der Waals surface area contributed by atoms with Gasteiger partial charge in [-0.2, -0.15) is 26.3 Å². The van der Waals surface area contributed by atoms with Gasteiger partial charge < -0.3 is 15.0 Å². The van der Waals surface area contributed by atoms with Gasteiger partial charge in [0.05, 0.1) is 42.6 Å². The Kier molecular flexibility index (Phi) is 6.61. The molecule has 1 aliphatic rings. The van der Waals surface area contributed by atoms with Gasteiger partial charge in [-0.3, -0.25) is 4.90 Å². The molecule has 3 amide bonds. The molecule has 36 heavy (non-hydrogen) atoms. The zero-order valence-electron chi connectivity index (χ0n) is 18.0. The van der Waals surface area contributed by atoms with E-state index in [9.17, 15) is 40.3 Å². The molecule has 0 bridgehead atoms. The Labute approximate surface area is 204 Å². The van der Waals surface area contributed by atoms with Crippen molar-refractivity contribution in [1.29, 1.82) is 0 Å². The van der Waals surface area contributed by atoms with Crippen LogP contribution >= 0.6 is 0 Å². The van der Waals surface area contributed by atoms with Gasteiger partial charge in [0, 0.05) is 12.7 Å². The number of rotatable bonds is 3. The molecule has 0 spiro atoms. The molecule has 17 heteroatoms. The number of hydrogen-bond acceptors (Lipinski definition) is 3. The van der Waals surface area contributed by atoms with E-state index in [1.54, 1.807) is 0 Å². The molecular formula is C19H10B4F7N3O3. The van der Waals surface area contributed by atoms with Crippen LogP contribution in [-0.4, -0.2) is 61.2 Å². The second kappa shape index (κ2) is 8.70. The van der Waals surface area contributed by atoms with Gasteiger partial charge in [-0.1, -0.05) is 0 Å². The first-order valence-electron chi connectivity index (χ1n) is 9.59. The van der Waals surface area contributed by atoms with Gasteiger partial charge in [-0.15, -0.1) is 0 Å². The lowest BCUT2D eigenvalue weighted by molar-refractivity contribution is -0.143. The van der Waals surface area contributed by atoms with E-state index in [0.717, 1.165) is 31.3 Å². The van der Waals surface area contributed by atoms with E-state index in [2.05, 4.69) is 0 Å². The third-order valence-corrected chi connectivity index (χ3v) is 5.17. The summed E-state index contributed by atoms with van der Waals surface area (Å²) in [6, 6.07) is 2.25. The molecule has 3 rings (SSSR count). The van der Waals surface area contributed by atoms with Crippen molar-refractivity contribution in [3.63, 3.8) is 0 Å². The lowest BCUT2D eigenvalue weighted by Gasteiger charge is -2.42. The van der Waals surface area contributed by atoms with Gasteiger partial charge >= 0.3 is 24.5 Å². The zero-order chi connectivity index (χ0) is 27.4. The van der Waals surface area contributed by atoms with Gasteiger partial charge in [0.15, 0.2) is 5.75 Å². The number of nitrogens with zero attached hydrogens (tertiary/aromatic N) is 2. The van der Waals surface area contributed by atoms with Crippen LogP contribution in [0.25, 0.3) is 0 Å². The van der Waals surface area contributed by atoms with Crippen LogP contribution < -0.4 is 19.9 Å². The predicted octanol–water partition coefficient (Wildman–Crippen LogP) is 3.01. The van der Waals surface area contributed by atoms with E-state index in [0.29, 0.717) is 4.90 Å². The number of benzene rings is 2. The minimum Gasteiger partial charge on any atom is -0.407 e. The van der Waals surface area contributed by atoms with Crippen LogP contribution in [0.2, 0.25) is 0 Å². The van der Waals surface area contributed by atoms with Crippen molar-refractivity contribution >= 4 is 54.9 Å². The van der Waals surface area contributed by atoms with Gasteiger partial charge in [0.2, 0.25) is 0 Å². The molecule has 6 nitrogen and oxygen atoms in total. The lowest BCUT2D eigenvalue weighted by Crippen LogP contribution is -2.63. The third-order valence-electron chi connectivity index (χ3n) is 5.17. The van der Waals surface area contributed by atoms with E-state index < -0.39 is 63.5 Å². The topological polar surface area (TPSA) is 61.9 Å². The number of hydrogen-bond donors (Lipinski definition) is 1. The Bertz CT molecular complexity index is 1200. The number of urea groups is 1. The first-order valence-corrected chi connectivity index (χ1v) is 9.59. The molecule has 2 aromatic rings. The summed E-state index contributed by atoms with van der Waals surface area (Å²) in [5, 5.41) is -3.52. The summed E-state index contributed by atoms with van der Waals surface area (Å²) in [6.45, 7) is 0. The first-order chi connectivity index (χ1) is 16.3. The molecule has 0 aliphatic carbocycles. The van der Waals surface area contributed by atoms with Crippen molar-refractivity contribution in [2.24, 2.45) is 0 Å². The summed E-state index contributed by atoms with van der Waals surface area (Å²) in [4.78, 5) is 25.8. The summed E-state index contributed by atoms with van der Waals surface area (Å²) in [6.07, 6.45) is -12.4. The highest BCUT2D eigenvalue weighted by molar-refractivity contribution is 6.58. The molecule has 0 unspecified atom stereocenters. The molecule has 1 aliphatic heterocycles. The highest BCUT2D eigenvalue weighted by atomic mass is 19.4. The summed E-state index contributed by atoms with van der Waals surface area (Å²) in [5.41, 5.74) is -5.34. The third kappa shape index (κ3) is 4.87. The van der Waals surface area contributed by atoms with E-state index >= 15 is 0 Å². The van der Waals surface area contributed by atoms with E-state index in [1.165, 1.54) is 0 Å². The number of carbonyl (C=O) groups excluding carboxylic acids is 2. The quantitative estimate of drug-likeness (QED) is 0.517. The molecular weight excluding hydrogens is 494 g/mol. The minimum absolute atomic E-state index is 0.0119. The van der Waals surface area contributed by atoms with Crippen molar-refractivity contribution in [3.8, 4) is 5.75 Å². The van der Waals surface area contributed by atoms with Gasteiger partial charge in [0.1, 0.15) is 11.4 Å². The molecule has 1 heterocycles. The average molecular weight is 505 g/mol. The zero-order valence-corrected chi connectivity index (χ0v) is 18.0. The highest BCUT2D eigenvalue weighted by Gasteiger charge is 2.52. The predicted molar refractivity (Wildman–Crippen MR) is 117 cm³/mol. The number of carbonyl (C=O) groups is 2. The maximum Gasteiger partial charge on any atom is 0.420 e. The van der Waals surface area contributed by atoms with Crippen LogP contribution in [0.1, 0.15) is 11.1 Å². The fourth-order valence-electron chi connectivity index (χ4n) is 3.18. The summed E-state index contributed by atoms with van der Waals surface area (Å²) < 4.78 is 100. The normalized spacial score (nSPS) is 17.0. The number of amides is 3. The smallest absolute Gasteiger partial charge is 0.407 e. The maximum absolute atomic E-state index is 13.9. The monoisotopic (exact) mass is 505 g/mol. The Hall–Kier alpha value is -3.25. The van der Waals surface area contributed by atoms with Crippen LogP contribution in [0.5, 0.6) is 5.75 Å². The van der Waals surface area contributed by atoms with Crippen molar-refractivity contribution in [1.82, 2.24) is 5.32 Å². The number of ether oxygens (including phenoxy) is 1. The lowest BCUT2D eigenvalue weighted by atomic mass is 9.38. The van der Waals surface area contributed by atoms with Crippen molar-refractivity contribution < 1.29 is 45.1 Å². The SMILES string of the molecule is [B]C1([B])NC(=O)N(c2cc(C(F)(F)F)cc(C(F)(F)F)c2OC(=O)N(C)c2ccc(F)cc2)C1([B])[B]. The van der Waals surface area contributed by atoms with E-state index in [-0.39, 0.29) is 22.7 Å². The van der Waals surface area contributed by atoms with Crippen LogP contribution in [0.15, 0.2) is 36.4 Å². The van der Waals surface area contributed by atoms with E-state index in [4.69, 9.17) is 36.1 Å². The van der Waals surface area contributed by atoms with Crippen LogP contribution in [-0.2, 0) is 12.4 Å². The van der Waals surface area contributed by atoms with Crippen molar-refractivity contribution in [2.75, 3.05) is 16.8 Å². The number of nitrogens with one attached hydrogen (secondary N) is 1. The molecule has 0 atom stereocenters. The second-order valence-electron chi connectivity index (χ2n) is 7.73. The molecule has 0 saturated carbocycles. The Morgan fingerprint density at radius 2 is 1.56 bits per heavy atom. The second-order valence-corrected chi connectivity index (χ2v) is 7.73. The molecule has 2 aromatic carbocycles. The molecule has 180 valence electrons. The Balaban J connectivity index is 2.25. The summed E-state index contributed by atoms with van der Waals surface area (Å²) in [5.74, 6) is -2.25. The van der Waals surface area contributed by atoms with Gasteiger partial charge in [0.25, 0.3) is 0 Å². The molecule has 1 fully saturated rings. The van der Waals surface area contributed by atoms with Gasteiger partial charge in [-0.25, -0.2) is 14.0 Å². The van der Waals surface area contributed by atoms with Crippen LogP contribution in [0, 0.1) is 5.82 Å². The molecule has 1 N–H and O–H groups in total.